The van der Waals surface area contributed by atoms with Crippen molar-refractivity contribution < 1.29 is 5.11 Å². The molecule has 2 rings (SSSR count). The minimum absolute atomic E-state index is 0.529. The lowest BCUT2D eigenvalue weighted by Gasteiger charge is -2.32. The van der Waals surface area contributed by atoms with E-state index in [0.717, 1.165) is 43.5 Å². The van der Waals surface area contributed by atoms with E-state index in [9.17, 15) is 5.11 Å². The number of anilines is 2. The first kappa shape index (κ1) is 14.0. The number of hydrogen-bond donors (Lipinski definition) is 4. The first-order valence-corrected chi connectivity index (χ1v) is 6.95. The summed E-state index contributed by atoms with van der Waals surface area (Å²) in [5.74, 6) is 6.83. The Bertz CT molecular complexity index is 417. The summed E-state index contributed by atoms with van der Waals surface area (Å²) in [5.41, 5.74) is 2.92. The molecular formula is C13H23N5O. The molecule has 0 atom stereocenters. The second kappa shape index (κ2) is 6.16. The van der Waals surface area contributed by atoms with Crippen molar-refractivity contribution in [2.45, 2.75) is 51.0 Å². The molecule has 0 bridgehead atoms. The fourth-order valence-corrected chi connectivity index (χ4v) is 2.66. The molecule has 6 heteroatoms. The molecule has 19 heavy (non-hydrogen) atoms. The second-order valence-electron chi connectivity index (χ2n) is 5.19. The predicted molar refractivity (Wildman–Crippen MR) is 75.7 cm³/mol. The Morgan fingerprint density at radius 1 is 1.26 bits per heavy atom. The standard InChI is InChI=1S/C13H23N5O/c1-2-10-11(16-9-17-12(10)18-14)15-8-13(19)6-4-3-5-7-13/h9,19H,2-8,14H2,1H3,(H2,15,16,17,18). The van der Waals surface area contributed by atoms with Crippen LogP contribution in [-0.4, -0.2) is 27.2 Å². The zero-order chi connectivity index (χ0) is 13.7. The largest absolute Gasteiger partial charge is 0.388 e. The van der Waals surface area contributed by atoms with Crippen molar-refractivity contribution in [3.8, 4) is 0 Å². The van der Waals surface area contributed by atoms with Gasteiger partial charge in [-0.2, -0.15) is 0 Å². The van der Waals surface area contributed by atoms with Crippen LogP contribution in [0.1, 0.15) is 44.6 Å². The van der Waals surface area contributed by atoms with E-state index < -0.39 is 5.60 Å². The number of nitrogens with two attached hydrogens (primary N) is 1. The highest BCUT2D eigenvalue weighted by molar-refractivity contribution is 5.56. The molecule has 1 fully saturated rings. The lowest BCUT2D eigenvalue weighted by Crippen LogP contribution is -2.39. The van der Waals surface area contributed by atoms with E-state index in [1.54, 1.807) is 0 Å². The van der Waals surface area contributed by atoms with E-state index in [1.807, 2.05) is 6.92 Å². The van der Waals surface area contributed by atoms with Gasteiger partial charge in [-0.25, -0.2) is 15.8 Å². The Morgan fingerprint density at radius 2 is 1.95 bits per heavy atom. The summed E-state index contributed by atoms with van der Waals surface area (Å²) >= 11 is 0. The third-order valence-electron chi connectivity index (χ3n) is 3.80. The summed E-state index contributed by atoms with van der Waals surface area (Å²) in [6, 6.07) is 0. The lowest BCUT2D eigenvalue weighted by atomic mass is 9.85. The fraction of sp³-hybridized carbons (Fsp3) is 0.692. The smallest absolute Gasteiger partial charge is 0.148 e. The van der Waals surface area contributed by atoms with Crippen LogP contribution in [0, 0.1) is 0 Å². The number of nitrogens with one attached hydrogen (secondary N) is 2. The van der Waals surface area contributed by atoms with Crippen LogP contribution in [0.4, 0.5) is 11.6 Å². The minimum atomic E-state index is -0.607. The average Bonchev–Trinajstić information content (AvgIpc) is 2.45. The Balaban J connectivity index is 2.06. The number of nitrogens with zero attached hydrogens (tertiary/aromatic N) is 2. The third-order valence-corrected chi connectivity index (χ3v) is 3.80. The van der Waals surface area contributed by atoms with Crippen LogP contribution in [0.2, 0.25) is 0 Å². The molecule has 0 saturated heterocycles. The van der Waals surface area contributed by atoms with Gasteiger partial charge in [0.25, 0.3) is 0 Å². The minimum Gasteiger partial charge on any atom is -0.388 e. The van der Waals surface area contributed by atoms with E-state index in [0.29, 0.717) is 12.4 Å². The Morgan fingerprint density at radius 3 is 2.58 bits per heavy atom. The van der Waals surface area contributed by atoms with Crippen LogP contribution in [-0.2, 0) is 6.42 Å². The van der Waals surface area contributed by atoms with E-state index >= 15 is 0 Å². The summed E-state index contributed by atoms with van der Waals surface area (Å²) in [6.07, 6.45) is 7.37. The van der Waals surface area contributed by atoms with Crippen molar-refractivity contribution in [3.05, 3.63) is 11.9 Å². The Labute approximate surface area is 113 Å². The molecule has 5 N–H and O–H groups in total. The van der Waals surface area contributed by atoms with Crippen LogP contribution in [0.3, 0.4) is 0 Å². The predicted octanol–water partition coefficient (Wildman–Crippen LogP) is 1.43. The molecule has 0 aromatic carbocycles. The number of rotatable bonds is 5. The SMILES string of the molecule is CCc1c(NN)ncnc1NCC1(O)CCCCC1. The summed E-state index contributed by atoms with van der Waals surface area (Å²) in [6.45, 7) is 2.56. The zero-order valence-electron chi connectivity index (χ0n) is 11.4. The lowest BCUT2D eigenvalue weighted by molar-refractivity contribution is 0.0166. The number of nitrogen functional groups attached to an aromatic ring is 1. The van der Waals surface area contributed by atoms with E-state index in [4.69, 9.17) is 5.84 Å². The maximum atomic E-state index is 10.5. The van der Waals surface area contributed by atoms with Gasteiger partial charge in [-0.3, -0.25) is 0 Å². The summed E-state index contributed by atoms with van der Waals surface area (Å²) in [4.78, 5) is 8.34. The number of aromatic nitrogens is 2. The Hall–Kier alpha value is -1.40. The zero-order valence-corrected chi connectivity index (χ0v) is 11.4. The van der Waals surface area contributed by atoms with E-state index in [2.05, 4.69) is 20.7 Å². The maximum Gasteiger partial charge on any atom is 0.148 e. The topological polar surface area (TPSA) is 96.1 Å². The van der Waals surface area contributed by atoms with Crippen LogP contribution < -0.4 is 16.6 Å². The first-order valence-electron chi connectivity index (χ1n) is 6.95. The van der Waals surface area contributed by atoms with Crippen LogP contribution >= 0.6 is 0 Å². The van der Waals surface area contributed by atoms with Crippen LogP contribution in [0.25, 0.3) is 0 Å². The van der Waals surface area contributed by atoms with Gasteiger partial charge in [0.2, 0.25) is 0 Å². The van der Waals surface area contributed by atoms with Crippen molar-refractivity contribution in [1.82, 2.24) is 9.97 Å². The quantitative estimate of drug-likeness (QED) is 0.475. The molecule has 1 aromatic heterocycles. The van der Waals surface area contributed by atoms with Crippen molar-refractivity contribution in [2.75, 3.05) is 17.3 Å². The van der Waals surface area contributed by atoms with Gasteiger partial charge in [0.1, 0.15) is 18.0 Å². The van der Waals surface area contributed by atoms with Crippen molar-refractivity contribution in [2.24, 2.45) is 5.84 Å². The van der Waals surface area contributed by atoms with Gasteiger partial charge < -0.3 is 15.8 Å². The summed E-state index contributed by atoms with van der Waals surface area (Å²) in [7, 11) is 0. The van der Waals surface area contributed by atoms with Gasteiger partial charge in [0.15, 0.2) is 0 Å². The van der Waals surface area contributed by atoms with Crippen LogP contribution in [0.5, 0.6) is 0 Å². The molecule has 1 saturated carbocycles. The molecule has 0 radical (unpaired) electrons. The van der Waals surface area contributed by atoms with Gasteiger partial charge in [0, 0.05) is 12.1 Å². The van der Waals surface area contributed by atoms with Gasteiger partial charge in [-0.1, -0.05) is 26.2 Å². The van der Waals surface area contributed by atoms with Crippen molar-refractivity contribution in [1.29, 1.82) is 0 Å². The maximum absolute atomic E-state index is 10.5. The first-order chi connectivity index (χ1) is 9.18. The molecule has 1 aromatic rings. The third kappa shape index (κ3) is 3.33. The molecule has 6 nitrogen and oxygen atoms in total. The van der Waals surface area contributed by atoms with Gasteiger partial charge >= 0.3 is 0 Å². The molecule has 1 aliphatic rings. The monoisotopic (exact) mass is 265 g/mol. The number of aliphatic hydroxyl groups is 1. The Kier molecular flexibility index (Phi) is 4.55. The molecule has 1 heterocycles. The highest BCUT2D eigenvalue weighted by Crippen LogP contribution is 2.29. The molecule has 1 aliphatic carbocycles. The average molecular weight is 265 g/mol. The summed E-state index contributed by atoms with van der Waals surface area (Å²) < 4.78 is 0. The number of hydrazine groups is 1. The molecule has 0 spiro atoms. The molecule has 0 aliphatic heterocycles. The van der Waals surface area contributed by atoms with E-state index in [1.165, 1.54) is 12.7 Å². The van der Waals surface area contributed by atoms with Gasteiger partial charge in [-0.15, -0.1) is 0 Å². The van der Waals surface area contributed by atoms with Gasteiger partial charge in [-0.05, 0) is 19.3 Å². The highest BCUT2D eigenvalue weighted by atomic mass is 16.3. The van der Waals surface area contributed by atoms with Crippen molar-refractivity contribution in [3.63, 3.8) is 0 Å². The van der Waals surface area contributed by atoms with Crippen molar-refractivity contribution >= 4 is 11.6 Å². The number of hydrogen-bond acceptors (Lipinski definition) is 6. The fourth-order valence-electron chi connectivity index (χ4n) is 2.66. The summed E-state index contributed by atoms with van der Waals surface area (Å²) in [5, 5.41) is 13.7. The molecular weight excluding hydrogens is 242 g/mol. The molecule has 106 valence electrons. The second-order valence-corrected chi connectivity index (χ2v) is 5.19. The highest BCUT2D eigenvalue weighted by Gasteiger charge is 2.29. The van der Waals surface area contributed by atoms with Crippen LogP contribution in [0.15, 0.2) is 6.33 Å². The molecule has 0 amide bonds. The van der Waals surface area contributed by atoms with Gasteiger partial charge in [0.05, 0.1) is 5.60 Å². The normalized spacial score (nSPS) is 18.1. The molecule has 0 unspecified atom stereocenters. The van der Waals surface area contributed by atoms with E-state index in [-0.39, 0.29) is 0 Å².